The molecule has 1 unspecified atom stereocenters. The number of alkyl halides is 3. The van der Waals surface area contributed by atoms with E-state index in [0.717, 1.165) is 12.1 Å². The SMILES string of the molecule is COCC(O)CCNc1nc(C(F)(F)F)ccc1C#N. The summed E-state index contributed by atoms with van der Waals surface area (Å²) in [7, 11) is 1.43. The highest BCUT2D eigenvalue weighted by Crippen LogP contribution is 2.29. The minimum absolute atomic E-state index is 0.0132. The van der Waals surface area contributed by atoms with Crippen LogP contribution in [0, 0.1) is 11.3 Å². The minimum atomic E-state index is -4.57. The summed E-state index contributed by atoms with van der Waals surface area (Å²) < 4.78 is 42.3. The van der Waals surface area contributed by atoms with E-state index in [1.807, 2.05) is 0 Å². The topological polar surface area (TPSA) is 78.2 Å². The predicted molar refractivity (Wildman–Crippen MR) is 64.9 cm³/mol. The lowest BCUT2D eigenvalue weighted by atomic mass is 10.2. The van der Waals surface area contributed by atoms with Crippen molar-refractivity contribution < 1.29 is 23.0 Å². The van der Waals surface area contributed by atoms with Crippen LogP contribution in [0.15, 0.2) is 12.1 Å². The van der Waals surface area contributed by atoms with Crippen LogP contribution in [0.4, 0.5) is 19.0 Å². The first-order chi connectivity index (χ1) is 9.38. The number of aliphatic hydroxyl groups excluding tert-OH is 1. The zero-order valence-corrected chi connectivity index (χ0v) is 10.7. The van der Waals surface area contributed by atoms with Gasteiger partial charge in [0.15, 0.2) is 0 Å². The molecule has 5 nitrogen and oxygen atoms in total. The molecule has 1 aromatic rings. The van der Waals surface area contributed by atoms with Gasteiger partial charge in [-0.05, 0) is 18.6 Å². The molecule has 0 aliphatic heterocycles. The summed E-state index contributed by atoms with van der Waals surface area (Å²) in [6.45, 7) is 0.302. The molecule has 0 aromatic carbocycles. The lowest BCUT2D eigenvalue weighted by molar-refractivity contribution is -0.141. The molecule has 0 aliphatic carbocycles. The summed E-state index contributed by atoms with van der Waals surface area (Å²) in [5.41, 5.74) is -1.06. The van der Waals surface area contributed by atoms with Gasteiger partial charge in [-0.15, -0.1) is 0 Å². The Morgan fingerprint density at radius 1 is 1.50 bits per heavy atom. The fourth-order valence-electron chi connectivity index (χ4n) is 1.47. The number of ether oxygens (including phenoxy) is 1. The van der Waals surface area contributed by atoms with Crippen molar-refractivity contribution in [3.05, 3.63) is 23.4 Å². The van der Waals surface area contributed by atoms with E-state index in [2.05, 4.69) is 10.3 Å². The summed E-state index contributed by atoms with van der Waals surface area (Å²) >= 11 is 0. The number of hydrogen-bond donors (Lipinski definition) is 2. The quantitative estimate of drug-likeness (QED) is 0.834. The summed E-state index contributed by atoms with van der Waals surface area (Å²) in [5, 5.41) is 20.8. The Labute approximate surface area is 114 Å². The highest BCUT2D eigenvalue weighted by molar-refractivity contribution is 5.52. The number of hydrogen-bond acceptors (Lipinski definition) is 5. The molecule has 0 spiro atoms. The van der Waals surface area contributed by atoms with Gasteiger partial charge in [0.2, 0.25) is 0 Å². The van der Waals surface area contributed by atoms with Crippen LogP contribution < -0.4 is 5.32 Å². The fourth-order valence-corrected chi connectivity index (χ4v) is 1.47. The summed E-state index contributed by atoms with van der Waals surface area (Å²) in [4.78, 5) is 3.39. The second-order valence-electron chi connectivity index (χ2n) is 4.03. The minimum Gasteiger partial charge on any atom is -0.391 e. The van der Waals surface area contributed by atoms with E-state index in [9.17, 15) is 18.3 Å². The van der Waals surface area contributed by atoms with Crippen molar-refractivity contribution in [2.75, 3.05) is 25.6 Å². The van der Waals surface area contributed by atoms with Gasteiger partial charge >= 0.3 is 6.18 Å². The molecule has 0 radical (unpaired) electrons. The van der Waals surface area contributed by atoms with Crippen LogP contribution in [0.3, 0.4) is 0 Å². The van der Waals surface area contributed by atoms with Crippen molar-refractivity contribution in [2.45, 2.75) is 18.7 Å². The van der Waals surface area contributed by atoms with Crippen molar-refractivity contribution in [1.82, 2.24) is 4.98 Å². The van der Waals surface area contributed by atoms with Crippen LogP contribution in [-0.2, 0) is 10.9 Å². The van der Waals surface area contributed by atoms with E-state index in [0.29, 0.717) is 0 Å². The first kappa shape index (κ1) is 16.2. The van der Waals surface area contributed by atoms with Crippen LogP contribution in [0.25, 0.3) is 0 Å². The Morgan fingerprint density at radius 3 is 2.75 bits per heavy atom. The zero-order valence-electron chi connectivity index (χ0n) is 10.7. The molecule has 20 heavy (non-hydrogen) atoms. The van der Waals surface area contributed by atoms with Gasteiger partial charge in [-0.25, -0.2) is 4.98 Å². The number of aliphatic hydroxyl groups is 1. The van der Waals surface area contributed by atoms with Crippen molar-refractivity contribution in [3.63, 3.8) is 0 Å². The number of aromatic nitrogens is 1. The third-order valence-corrected chi connectivity index (χ3v) is 2.44. The molecule has 2 N–H and O–H groups in total. The van der Waals surface area contributed by atoms with Gasteiger partial charge in [-0.1, -0.05) is 0 Å². The maximum absolute atomic E-state index is 12.5. The van der Waals surface area contributed by atoms with E-state index in [-0.39, 0.29) is 31.0 Å². The summed E-state index contributed by atoms with van der Waals surface area (Å²) in [6.07, 6.45) is -5.04. The second kappa shape index (κ2) is 7.07. The van der Waals surface area contributed by atoms with Crippen molar-refractivity contribution >= 4 is 5.82 Å². The molecule has 1 heterocycles. The molecule has 1 rings (SSSR count). The number of nitrogens with one attached hydrogen (secondary N) is 1. The molecule has 0 amide bonds. The lowest BCUT2D eigenvalue weighted by Gasteiger charge is -2.13. The maximum Gasteiger partial charge on any atom is 0.433 e. The first-order valence-electron chi connectivity index (χ1n) is 5.77. The predicted octanol–water partition coefficient (Wildman–Crippen LogP) is 1.78. The Hall–Kier alpha value is -1.85. The summed E-state index contributed by atoms with van der Waals surface area (Å²) in [6, 6.07) is 3.57. The van der Waals surface area contributed by atoms with Crippen molar-refractivity contribution in [1.29, 1.82) is 5.26 Å². The van der Waals surface area contributed by atoms with Gasteiger partial charge in [0.1, 0.15) is 17.6 Å². The standard InChI is InChI=1S/C12H14F3N3O2/c1-20-7-9(19)4-5-17-11-8(6-16)2-3-10(18-11)12(13,14)15/h2-3,9,19H,4-5,7H2,1H3,(H,17,18). The van der Waals surface area contributed by atoms with E-state index >= 15 is 0 Å². The molecule has 8 heteroatoms. The zero-order chi connectivity index (χ0) is 15.2. The third kappa shape index (κ3) is 4.68. The van der Waals surface area contributed by atoms with Crippen LogP contribution in [0.1, 0.15) is 17.7 Å². The average molecular weight is 289 g/mol. The largest absolute Gasteiger partial charge is 0.433 e. The highest BCUT2D eigenvalue weighted by atomic mass is 19.4. The van der Waals surface area contributed by atoms with E-state index in [1.54, 1.807) is 6.07 Å². The van der Waals surface area contributed by atoms with Gasteiger partial charge in [-0.2, -0.15) is 18.4 Å². The number of methoxy groups -OCH3 is 1. The van der Waals surface area contributed by atoms with Gasteiger partial charge in [0.25, 0.3) is 0 Å². The number of nitrogens with zero attached hydrogens (tertiary/aromatic N) is 2. The third-order valence-electron chi connectivity index (χ3n) is 2.44. The second-order valence-corrected chi connectivity index (χ2v) is 4.03. The number of nitriles is 1. The smallest absolute Gasteiger partial charge is 0.391 e. The Balaban J connectivity index is 2.75. The molecule has 0 saturated carbocycles. The van der Waals surface area contributed by atoms with E-state index in [1.165, 1.54) is 7.11 Å². The van der Waals surface area contributed by atoms with Gasteiger partial charge in [0.05, 0.1) is 18.3 Å². The molecule has 0 saturated heterocycles. The van der Waals surface area contributed by atoms with Crippen molar-refractivity contribution in [2.24, 2.45) is 0 Å². The first-order valence-corrected chi connectivity index (χ1v) is 5.77. The van der Waals surface area contributed by atoms with Crippen LogP contribution in [0.2, 0.25) is 0 Å². The monoisotopic (exact) mass is 289 g/mol. The van der Waals surface area contributed by atoms with Crippen LogP contribution in [0.5, 0.6) is 0 Å². The number of rotatable bonds is 6. The molecule has 0 aliphatic rings. The molecule has 110 valence electrons. The van der Waals surface area contributed by atoms with Gasteiger partial charge in [-0.3, -0.25) is 0 Å². The molecular formula is C12H14F3N3O2. The Kier molecular flexibility index (Phi) is 5.73. The Morgan fingerprint density at radius 2 is 2.20 bits per heavy atom. The van der Waals surface area contributed by atoms with Gasteiger partial charge < -0.3 is 15.2 Å². The molecular weight excluding hydrogens is 275 g/mol. The lowest BCUT2D eigenvalue weighted by Crippen LogP contribution is -2.19. The van der Waals surface area contributed by atoms with Crippen LogP contribution >= 0.6 is 0 Å². The molecule has 0 fully saturated rings. The van der Waals surface area contributed by atoms with E-state index in [4.69, 9.17) is 10.00 Å². The summed E-state index contributed by atoms with van der Waals surface area (Å²) in [5.74, 6) is -0.146. The average Bonchev–Trinajstić information content (AvgIpc) is 2.38. The molecule has 1 aromatic heterocycles. The molecule has 0 bridgehead atoms. The van der Waals surface area contributed by atoms with E-state index < -0.39 is 18.0 Å². The van der Waals surface area contributed by atoms with Crippen molar-refractivity contribution in [3.8, 4) is 6.07 Å². The number of halogens is 3. The van der Waals surface area contributed by atoms with Gasteiger partial charge in [0, 0.05) is 13.7 Å². The number of pyridine rings is 1. The highest BCUT2D eigenvalue weighted by Gasteiger charge is 2.33. The Bertz CT molecular complexity index is 486. The molecule has 1 atom stereocenters. The fraction of sp³-hybridized carbons (Fsp3) is 0.500. The number of anilines is 1. The maximum atomic E-state index is 12.5. The normalized spacial score (nSPS) is 12.8. The van der Waals surface area contributed by atoms with Crippen LogP contribution in [-0.4, -0.2) is 36.5 Å².